The van der Waals surface area contributed by atoms with Gasteiger partial charge in [0.2, 0.25) is 5.52 Å². The van der Waals surface area contributed by atoms with Gasteiger partial charge in [-0.25, -0.2) is 0 Å². The number of fused-ring (bicyclic) bond motifs is 3. The van der Waals surface area contributed by atoms with Crippen molar-refractivity contribution < 1.29 is 4.57 Å². The maximum Gasteiger partial charge on any atom is 0.266 e. The Hall–Kier alpha value is -1.41. The summed E-state index contributed by atoms with van der Waals surface area (Å²) in [4.78, 5) is 0. The third-order valence-corrected chi connectivity index (χ3v) is 6.13. The van der Waals surface area contributed by atoms with Gasteiger partial charge in [0, 0.05) is 18.1 Å². The summed E-state index contributed by atoms with van der Waals surface area (Å²) < 4.78 is 3.98. The molecule has 1 aliphatic heterocycles. The molecule has 1 aliphatic carbocycles. The van der Waals surface area contributed by atoms with E-state index < -0.39 is 0 Å². The van der Waals surface area contributed by atoms with Crippen molar-refractivity contribution in [2.45, 2.75) is 53.0 Å². The van der Waals surface area contributed by atoms with Crippen LogP contribution in [-0.2, 0) is 6.54 Å². The molecule has 0 fully saturated rings. The van der Waals surface area contributed by atoms with Crippen molar-refractivity contribution in [3.63, 3.8) is 0 Å². The van der Waals surface area contributed by atoms with Crippen LogP contribution in [0.15, 0.2) is 41.5 Å². The molecule has 22 heavy (non-hydrogen) atoms. The molecular weight excluding hydrogens is 286 g/mol. The van der Waals surface area contributed by atoms with Gasteiger partial charge in [0.25, 0.3) is 5.01 Å². The molecule has 2 heteroatoms. The Labute approximate surface area is 137 Å². The van der Waals surface area contributed by atoms with Crippen LogP contribution < -0.4 is 4.57 Å². The van der Waals surface area contributed by atoms with E-state index in [0.717, 1.165) is 0 Å². The maximum atomic E-state index is 2.55. The van der Waals surface area contributed by atoms with Crippen LogP contribution >= 0.6 is 11.3 Å². The highest BCUT2D eigenvalue weighted by atomic mass is 32.1. The molecule has 2 heterocycles. The van der Waals surface area contributed by atoms with Gasteiger partial charge in [0.1, 0.15) is 4.70 Å². The van der Waals surface area contributed by atoms with Crippen LogP contribution in [0.5, 0.6) is 0 Å². The summed E-state index contributed by atoms with van der Waals surface area (Å²) in [5.41, 5.74) is 6.56. The molecule has 0 radical (unpaired) electrons. The van der Waals surface area contributed by atoms with Crippen LogP contribution in [0.1, 0.15) is 51.5 Å². The van der Waals surface area contributed by atoms with E-state index in [-0.39, 0.29) is 0 Å². The fourth-order valence-corrected chi connectivity index (χ4v) is 5.52. The van der Waals surface area contributed by atoms with Gasteiger partial charge in [0.15, 0.2) is 6.54 Å². The van der Waals surface area contributed by atoms with Crippen LogP contribution in [0.2, 0.25) is 0 Å². The lowest BCUT2D eigenvalue weighted by Crippen LogP contribution is -2.39. The molecule has 1 aromatic carbocycles. The summed E-state index contributed by atoms with van der Waals surface area (Å²) >= 11 is 1.98. The smallest absolute Gasteiger partial charge is 0.182 e. The number of aromatic nitrogens is 1. The Morgan fingerprint density at radius 1 is 1.14 bits per heavy atom. The molecule has 0 amide bonds. The fourth-order valence-electron chi connectivity index (χ4n) is 4.23. The summed E-state index contributed by atoms with van der Waals surface area (Å²) in [7, 11) is 0. The predicted molar refractivity (Wildman–Crippen MR) is 94.9 cm³/mol. The first kappa shape index (κ1) is 14.2. The summed E-state index contributed by atoms with van der Waals surface area (Å²) in [6, 6.07) is 8.86. The van der Waals surface area contributed by atoms with Gasteiger partial charge in [-0.15, -0.1) is 0 Å². The highest BCUT2D eigenvalue weighted by Gasteiger charge is 2.32. The number of allylic oxidation sites excluding steroid dienone is 4. The molecule has 2 aliphatic rings. The van der Waals surface area contributed by atoms with Crippen molar-refractivity contribution in [2.75, 3.05) is 0 Å². The van der Waals surface area contributed by atoms with Gasteiger partial charge in [-0.05, 0) is 43.2 Å². The Balaban J connectivity index is 1.92. The molecule has 0 saturated heterocycles. The first-order valence-electron chi connectivity index (χ1n) is 8.34. The highest BCUT2D eigenvalue weighted by molar-refractivity contribution is 7.19. The van der Waals surface area contributed by atoms with Gasteiger partial charge in [-0.3, -0.25) is 0 Å². The highest BCUT2D eigenvalue weighted by Crippen LogP contribution is 2.43. The van der Waals surface area contributed by atoms with Crippen LogP contribution in [0, 0.1) is 5.41 Å². The second kappa shape index (κ2) is 5.06. The Morgan fingerprint density at radius 3 is 2.77 bits per heavy atom. The lowest BCUT2D eigenvalue weighted by atomic mass is 9.74. The second-order valence-corrected chi connectivity index (χ2v) is 8.67. The number of para-hydroxylation sites is 1. The van der Waals surface area contributed by atoms with Crippen LogP contribution in [0.3, 0.4) is 0 Å². The Kier molecular flexibility index (Phi) is 3.26. The lowest BCUT2D eigenvalue weighted by Gasteiger charge is -2.31. The van der Waals surface area contributed by atoms with Gasteiger partial charge in [-0.1, -0.05) is 49.0 Å². The number of hydrogen-bond donors (Lipinski definition) is 0. The Morgan fingerprint density at radius 2 is 1.95 bits per heavy atom. The van der Waals surface area contributed by atoms with Crippen molar-refractivity contribution in [1.82, 2.24) is 0 Å². The Bertz CT molecular complexity index is 804. The van der Waals surface area contributed by atoms with Gasteiger partial charge < -0.3 is 0 Å². The SMILES string of the molecule is CC1=C/C(=C2\CCC[n+]3c2sc2ccccc23)CC(C)(C)C1. The maximum absolute atomic E-state index is 2.55. The summed E-state index contributed by atoms with van der Waals surface area (Å²) in [5, 5.41) is 1.50. The summed E-state index contributed by atoms with van der Waals surface area (Å²) in [6.45, 7) is 8.28. The standard InChI is InChI=1S/C20H24NS/c1-14-11-15(13-20(2,3)12-14)16-7-6-10-21-17-8-4-5-9-18(17)22-19(16)21/h4-5,8-9,11H,6-7,10,12-13H2,1-3H3/q+1/b16-15-. The predicted octanol–water partition coefficient (Wildman–Crippen LogP) is 5.50. The number of nitrogens with zero attached hydrogens (tertiary/aromatic N) is 1. The van der Waals surface area contributed by atoms with Crippen LogP contribution in [-0.4, -0.2) is 0 Å². The third-order valence-electron chi connectivity index (χ3n) is 4.91. The topological polar surface area (TPSA) is 3.88 Å². The minimum Gasteiger partial charge on any atom is -0.182 e. The minimum atomic E-state index is 0.403. The van der Waals surface area contributed by atoms with Crippen molar-refractivity contribution in [3.8, 4) is 0 Å². The minimum absolute atomic E-state index is 0.403. The van der Waals surface area contributed by atoms with E-state index in [0.29, 0.717) is 5.41 Å². The van der Waals surface area contributed by atoms with Crippen molar-refractivity contribution in [1.29, 1.82) is 0 Å². The molecular formula is C20H24NS+. The number of aryl methyl sites for hydroxylation is 1. The normalized spacial score (nSPS) is 24.2. The second-order valence-electron chi connectivity index (χ2n) is 7.64. The zero-order valence-corrected chi connectivity index (χ0v) is 14.6. The molecule has 1 aromatic heterocycles. The first-order chi connectivity index (χ1) is 10.5. The summed E-state index contributed by atoms with van der Waals surface area (Å²) in [5.74, 6) is 0. The van der Waals surface area contributed by atoms with E-state index in [1.165, 1.54) is 53.0 Å². The van der Waals surface area contributed by atoms with Gasteiger partial charge in [-0.2, -0.15) is 4.57 Å². The zero-order valence-electron chi connectivity index (χ0n) is 13.8. The van der Waals surface area contributed by atoms with Crippen molar-refractivity contribution >= 4 is 27.1 Å². The van der Waals surface area contributed by atoms with Gasteiger partial charge >= 0.3 is 0 Å². The molecule has 114 valence electrons. The van der Waals surface area contributed by atoms with Crippen molar-refractivity contribution in [2.24, 2.45) is 5.41 Å². The average molecular weight is 310 g/mol. The molecule has 0 saturated carbocycles. The van der Waals surface area contributed by atoms with E-state index in [4.69, 9.17) is 0 Å². The van der Waals surface area contributed by atoms with E-state index in [1.54, 1.807) is 11.1 Å². The molecule has 0 bridgehead atoms. The van der Waals surface area contributed by atoms with E-state index in [9.17, 15) is 0 Å². The number of thiazole rings is 1. The molecule has 2 aromatic rings. The van der Waals surface area contributed by atoms with E-state index in [1.807, 2.05) is 11.3 Å². The first-order valence-corrected chi connectivity index (χ1v) is 9.16. The number of benzene rings is 1. The lowest BCUT2D eigenvalue weighted by molar-refractivity contribution is -0.672. The zero-order chi connectivity index (χ0) is 15.3. The molecule has 0 unspecified atom stereocenters. The van der Waals surface area contributed by atoms with Crippen molar-refractivity contribution in [3.05, 3.63) is 46.5 Å². The average Bonchev–Trinajstić information content (AvgIpc) is 2.83. The monoisotopic (exact) mass is 310 g/mol. The number of hydrogen-bond acceptors (Lipinski definition) is 1. The largest absolute Gasteiger partial charge is 0.266 e. The molecule has 4 rings (SSSR count). The molecule has 0 N–H and O–H groups in total. The molecule has 0 spiro atoms. The molecule has 1 nitrogen and oxygen atoms in total. The van der Waals surface area contributed by atoms with Crippen LogP contribution in [0.25, 0.3) is 15.8 Å². The molecule has 0 atom stereocenters. The number of rotatable bonds is 0. The third kappa shape index (κ3) is 2.34. The quantitative estimate of drug-likeness (QED) is 0.565. The fraction of sp³-hybridized carbons (Fsp3) is 0.450. The van der Waals surface area contributed by atoms with E-state index in [2.05, 4.69) is 55.7 Å². The van der Waals surface area contributed by atoms with E-state index >= 15 is 0 Å². The summed E-state index contributed by atoms with van der Waals surface area (Å²) in [6.07, 6.45) is 7.43. The van der Waals surface area contributed by atoms with Crippen LogP contribution in [0.4, 0.5) is 0 Å². The van der Waals surface area contributed by atoms with Gasteiger partial charge in [0.05, 0.1) is 0 Å².